The van der Waals surface area contributed by atoms with Crippen molar-refractivity contribution in [1.29, 1.82) is 0 Å². The maximum atomic E-state index is 5.80. The summed E-state index contributed by atoms with van der Waals surface area (Å²) in [6.07, 6.45) is 3.56. The van der Waals surface area contributed by atoms with E-state index in [1.165, 1.54) is 12.8 Å². The fourth-order valence-corrected chi connectivity index (χ4v) is 1.78. The molecule has 1 atom stereocenters. The summed E-state index contributed by atoms with van der Waals surface area (Å²) in [6, 6.07) is 0.389. The Hall–Kier alpha value is -0.0800. The first kappa shape index (κ1) is 8.02. The summed E-state index contributed by atoms with van der Waals surface area (Å²) in [5.74, 6) is 0. The Morgan fingerprint density at radius 2 is 2.10 bits per heavy atom. The highest BCUT2D eigenvalue weighted by Gasteiger charge is 2.33. The largest absolute Gasteiger partial charge is 0.326 e. The maximum Gasteiger partial charge on any atom is 0.0192 e. The van der Waals surface area contributed by atoms with Gasteiger partial charge >= 0.3 is 0 Å². The summed E-state index contributed by atoms with van der Waals surface area (Å²) >= 11 is 0. The molecule has 0 aromatic carbocycles. The Morgan fingerprint density at radius 1 is 1.50 bits per heavy atom. The Kier molecular flexibility index (Phi) is 2.32. The smallest absolute Gasteiger partial charge is 0.0192 e. The lowest BCUT2D eigenvalue weighted by Crippen LogP contribution is -2.37. The molecular formula is C8H18N2. The monoisotopic (exact) mass is 142 g/mol. The van der Waals surface area contributed by atoms with E-state index in [0.29, 0.717) is 11.6 Å². The van der Waals surface area contributed by atoms with E-state index in [1.54, 1.807) is 0 Å². The van der Waals surface area contributed by atoms with Crippen molar-refractivity contribution in [2.75, 3.05) is 6.54 Å². The van der Waals surface area contributed by atoms with E-state index in [1.807, 2.05) is 0 Å². The van der Waals surface area contributed by atoms with Crippen LogP contribution in [-0.4, -0.2) is 18.1 Å². The van der Waals surface area contributed by atoms with Crippen molar-refractivity contribution >= 4 is 0 Å². The number of nitrogens with two attached hydrogens (primary N) is 1. The molecule has 2 heteroatoms. The zero-order valence-electron chi connectivity index (χ0n) is 6.98. The van der Waals surface area contributed by atoms with Gasteiger partial charge in [-0.2, -0.15) is 0 Å². The van der Waals surface area contributed by atoms with Crippen LogP contribution in [0.1, 0.15) is 33.1 Å². The molecule has 0 bridgehead atoms. The van der Waals surface area contributed by atoms with E-state index in [-0.39, 0.29) is 0 Å². The molecular weight excluding hydrogens is 124 g/mol. The molecule has 0 saturated carbocycles. The van der Waals surface area contributed by atoms with Crippen LogP contribution < -0.4 is 11.1 Å². The van der Waals surface area contributed by atoms with Gasteiger partial charge in [0.05, 0.1) is 0 Å². The van der Waals surface area contributed by atoms with Crippen LogP contribution >= 0.6 is 0 Å². The van der Waals surface area contributed by atoms with E-state index in [0.717, 1.165) is 13.0 Å². The third-order valence-corrected chi connectivity index (χ3v) is 2.75. The lowest BCUT2D eigenvalue weighted by Gasteiger charge is -2.26. The van der Waals surface area contributed by atoms with Crippen LogP contribution in [0.4, 0.5) is 0 Å². The fraction of sp³-hybridized carbons (Fsp3) is 1.00. The van der Waals surface area contributed by atoms with Gasteiger partial charge in [-0.1, -0.05) is 13.8 Å². The summed E-state index contributed by atoms with van der Waals surface area (Å²) in [5, 5.41) is 3.49. The van der Waals surface area contributed by atoms with Gasteiger partial charge in [-0.25, -0.2) is 0 Å². The first-order valence-electron chi connectivity index (χ1n) is 4.23. The summed E-state index contributed by atoms with van der Waals surface area (Å²) in [7, 11) is 0. The minimum Gasteiger partial charge on any atom is -0.326 e. The van der Waals surface area contributed by atoms with Gasteiger partial charge in [0.25, 0.3) is 0 Å². The molecule has 1 saturated heterocycles. The van der Waals surface area contributed by atoms with Crippen molar-refractivity contribution < 1.29 is 0 Å². The van der Waals surface area contributed by atoms with E-state index in [9.17, 15) is 0 Å². The molecule has 60 valence electrons. The van der Waals surface area contributed by atoms with E-state index < -0.39 is 0 Å². The molecule has 0 aromatic heterocycles. The van der Waals surface area contributed by atoms with Crippen molar-refractivity contribution in [3.8, 4) is 0 Å². The molecule has 1 rings (SSSR count). The molecule has 1 unspecified atom stereocenters. The molecule has 1 fully saturated rings. The highest BCUT2D eigenvalue weighted by atomic mass is 15.0. The van der Waals surface area contributed by atoms with Gasteiger partial charge in [-0.05, 0) is 19.3 Å². The average Bonchev–Trinajstić information content (AvgIpc) is 2.33. The van der Waals surface area contributed by atoms with Gasteiger partial charge in [0.15, 0.2) is 0 Å². The van der Waals surface area contributed by atoms with Crippen LogP contribution in [0, 0.1) is 0 Å². The molecule has 0 radical (unpaired) electrons. The Labute approximate surface area is 63.2 Å². The van der Waals surface area contributed by atoms with Gasteiger partial charge in [0.1, 0.15) is 0 Å². The van der Waals surface area contributed by atoms with Crippen LogP contribution in [-0.2, 0) is 0 Å². The number of hydrogen-bond donors (Lipinski definition) is 2. The first-order chi connectivity index (χ1) is 4.72. The molecule has 2 nitrogen and oxygen atoms in total. The minimum atomic E-state index is 0.374. The van der Waals surface area contributed by atoms with Crippen LogP contribution in [0.15, 0.2) is 0 Å². The van der Waals surface area contributed by atoms with Crippen LogP contribution in [0.5, 0.6) is 0 Å². The highest BCUT2D eigenvalue weighted by Crippen LogP contribution is 2.25. The fourth-order valence-electron chi connectivity index (χ4n) is 1.78. The summed E-state index contributed by atoms with van der Waals surface area (Å²) in [6.45, 7) is 5.46. The minimum absolute atomic E-state index is 0.374. The van der Waals surface area contributed by atoms with E-state index in [2.05, 4.69) is 19.2 Å². The molecule has 1 heterocycles. The lowest BCUT2D eigenvalue weighted by atomic mass is 9.90. The van der Waals surface area contributed by atoms with Gasteiger partial charge in [0, 0.05) is 18.1 Å². The molecule has 10 heavy (non-hydrogen) atoms. The van der Waals surface area contributed by atoms with Gasteiger partial charge in [-0.15, -0.1) is 0 Å². The number of hydrogen-bond acceptors (Lipinski definition) is 2. The standard InChI is InChI=1S/C8H18N2/c1-3-8(4-2)5-7(9)6-10-8/h7,10H,3-6,9H2,1-2H3. The Bertz CT molecular complexity index is 108. The second-order valence-corrected chi connectivity index (χ2v) is 3.33. The van der Waals surface area contributed by atoms with E-state index in [4.69, 9.17) is 5.73 Å². The SMILES string of the molecule is CCC1(CC)CC(N)CN1. The van der Waals surface area contributed by atoms with Crippen molar-refractivity contribution in [2.45, 2.75) is 44.7 Å². The van der Waals surface area contributed by atoms with Crippen molar-refractivity contribution in [3.05, 3.63) is 0 Å². The molecule has 3 N–H and O–H groups in total. The highest BCUT2D eigenvalue weighted by molar-refractivity contribution is 4.96. The zero-order chi connectivity index (χ0) is 7.61. The Morgan fingerprint density at radius 3 is 2.30 bits per heavy atom. The van der Waals surface area contributed by atoms with Crippen molar-refractivity contribution in [3.63, 3.8) is 0 Å². The van der Waals surface area contributed by atoms with Gasteiger partial charge in [0.2, 0.25) is 0 Å². The van der Waals surface area contributed by atoms with Crippen molar-refractivity contribution in [1.82, 2.24) is 5.32 Å². The third-order valence-electron chi connectivity index (χ3n) is 2.75. The molecule has 0 amide bonds. The predicted molar refractivity (Wildman–Crippen MR) is 43.9 cm³/mol. The number of nitrogens with one attached hydrogen (secondary N) is 1. The van der Waals surface area contributed by atoms with Crippen LogP contribution in [0.2, 0.25) is 0 Å². The Balaban J connectivity index is 2.51. The third kappa shape index (κ3) is 1.32. The molecule has 1 aliphatic heterocycles. The molecule has 0 aliphatic carbocycles. The zero-order valence-corrected chi connectivity index (χ0v) is 6.98. The van der Waals surface area contributed by atoms with Crippen molar-refractivity contribution in [2.24, 2.45) is 5.73 Å². The van der Waals surface area contributed by atoms with Crippen LogP contribution in [0.25, 0.3) is 0 Å². The first-order valence-corrected chi connectivity index (χ1v) is 4.23. The quantitative estimate of drug-likeness (QED) is 0.600. The predicted octanol–water partition coefficient (Wildman–Crippen LogP) is 0.866. The number of rotatable bonds is 2. The average molecular weight is 142 g/mol. The normalized spacial score (nSPS) is 30.9. The van der Waals surface area contributed by atoms with E-state index >= 15 is 0 Å². The summed E-state index contributed by atoms with van der Waals surface area (Å²) in [5.41, 5.74) is 6.17. The van der Waals surface area contributed by atoms with Gasteiger partial charge < -0.3 is 11.1 Å². The molecule has 0 aromatic rings. The lowest BCUT2D eigenvalue weighted by molar-refractivity contribution is 0.347. The summed E-state index contributed by atoms with van der Waals surface area (Å²) < 4.78 is 0. The molecule has 1 aliphatic rings. The van der Waals surface area contributed by atoms with Crippen LogP contribution in [0.3, 0.4) is 0 Å². The summed E-state index contributed by atoms with van der Waals surface area (Å²) in [4.78, 5) is 0. The molecule has 0 spiro atoms. The van der Waals surface area contributed by atoms with Gasteiger partial charge in [-0.3, -0.25) is 0 Å². The second-order valence-electron chi connectivity index (χ2n) is 3.33. The topological polar surface area (TPSA) is 38.0 Å². The maximum absolute atomic E-state index is 5.80. The second kappa shape index (κ2) is 2.89.